The van der Waals surface area contributed by atoms with Gasteiger partial charge < -0.3 is 9.47 Å². The van der Waals surface area contributed by atoms with E-state index in [-0.39, 0.29) is 10.6 Å². The van der Waals surface area contributed by atoms with E-state index in [1.807, 2.05) is 12.1 Å². The van der Waals surface area contributed by atoms with Gasteiger partial charge in [-0.05, 0) is 36.5 Å². The molecule has 1 N–H and O–H groups in total. The van der Waals surface area contributed by atoms with Crippen molar-refractivity contribution in [1.82, 2.24) is 0 Å². The molecule has 1 aliphatic carbocycles. The van der Waals surface area contributed by atoms with Crippen molar-refractivity contribution in [3.8, 4) is 11.5 Å². The molecule has 0 spiro atoms. The topological polar surface area (TPSA) is 64.6 Å². The van der Waals surface area contributed by atoms with Gasteiger partial charge in [0.1, 0.15) is 11.5 Å². The first-order valence-electron chi connectivity index (χ1n) is 8.99. The van der Waals surface area contributed by atoms with Crippen molar-refractivity contribution in [3.05, 3.63) is 47.0 Å². The van der Waals surface area contributed by atoms with Crippen LogP contribution in [0.15, 0.2) is 41.3 Å². The predicted molar refractivity (Wildman–Crippen MR) is 108 cm³/mol. The Morgan fingerprint density at radius 3 is 2.19 bits per heavy atom. The van der Waals surface area contributed by atoms with E-state index in [0.717, 1.165) is 0 Å². The summed E-state index contributed by atoms with van der Waals surface area (Å²) in [4.78, 5) is 0.207. The summed E-state index contributed by atoms with van der Waals surface area (Å²) in [5.74, 6) is 1.22. The summed E-state index contributed by atoms with van der Waals surface area (Å²) in [6.07, 6.45) is 6.12. The molecule has 0 amide bonds. The Hall–Kier alpha value is -1.92. The number of sulfonamides is 1. The van der Waals surface area contributed by atoms with Crippen molar-refractivity contribution in [1.29, 1.82) is 0 Å². The fourth-order valence-corrected chi connectivity index (χ4v) is 4.79. The molecule has 27 heavy (non-hydrogen) atoms. The highest BCUT2D eigenvalue weighted by atomic mass is 35.5. The van der Waals surface area contributed by atoms with Gasteiger partial charge in [-0.25, -0.2) is 8.42 Å². The van der Waals surface area contributed by atoms with E-state index in [1.165, 1.54) is 64.0 Å². The van der Waals surface area contributed by atoms with Gasteiger partial charge in [-0.1, -0.05) is 43.0 Å². The van der Waals surface area contributed by atoms with Gasteiger partial charge in [-0.3, -0.25) is 4.72 Å². The Morgan fingerprint density at radius 2 is 1.59 bits per heavy atom. The Balaban J connectivity index is 1.84. The standard InChI is InChI=1S/C20H24ClNO4S/c1-25-19-13-18(20(26-2)12-17(19)21)22-27(23,24)16-10-8-15(9-11-16)14-6-4-3-5-7-14/h8-14,22H,3-7H2,1-2H3. The van der Waals surface area contributed by atoms with E-state index in [1.54, 1.807) is 12.1 Å². The molecule has 5 nitrogen and oxygen atoms in total. The molecular weight excluding hydrogens is 386 g/mol. The van der Waals surface area contributed by atoms with Gasteiger partial charge in [-0.15, -0.1) is 0 Å². The molecule has 146 valence electrons. The fraction of sp³-hybridized carbons (Fsp3) is 0.400. The summed E-state index contributed by atoms with van der Waals surface area (Å²) >= 11 is 6.08. The third kappa shape index (κ3) is 4.50. The first kappa shape index (κ1) is 19.8. The second kappa shape index (κ2) is 8.40. The lowest BCUT2D eigenvalue weighted by atomic mass is 9.84. The molecule has 0 saturated heterocycles. The molecule has 2 aromatic carbocycles. The van der Waals surface area contributed by atoms with Crippen LogP contribution in [0.3, 0.4) is 0 Å². The Morgan fingerprint density at radius 1 is 0.963 bits per heavy atom. The second-order valence-corrected chi connectivity index (χ2v) is 8.79. The maximum Gasteiger partial charge on any atom is 0.262 e. The minimum atomic E-state index is -3.76. The van der Waals surface area contributed by atoms with Gasteiger partial charge in [0, 0.05) is 12.1 Å². The SMILES string of the molecule is COc1cc(NS(=O)(=O)c2ccc(C3CCCCC3)cc2)c(OC)cc1Cl. The van der Waals surface area contributed by atoms with Gasteiger partial charge in [0.2, 0.25) is 0 Å². The molecule has 0 atom stereocenters. The predicted octanol–water partition coefficient (Wildman–Crippen LogP) is 5.21. The zero-order chi connectivity index (χ0) is 19.4. The highest BCUT2D eigenvalue weighted by Gasteiger charge is 2.20. The highest BCUT2D eigenvalue weighted by Crippen LogP contribution is 2.37. The first-order valence-corrected chi connectivity index (χ1v) is 10.8. The molecular formula is C20H24ClNO4S. The quantitative estimate of drug-likeness (QED) is 0.711. The van der Waals surface area contributed by atoms with Crippen LogP contribution in [0.1, 0.15) is 43.6 Å². The van der Waals surface area contributed by atoms with Crippen LogP contribution in [0.5, 0.6) is 11.5 Å². The number of nitrogens with one attached hydrogen (secondary N) is 1. The molecule has 0 aliphatic heterocycles. The molecule has 1 aliphatic rings. The molecule has 1 saturated carbocycles. The smallest absolute Gasteiger partial charge is 0.262 e. The maximum absolute atomic E-state index is 12.8. The number of ether oxygens (including phenoxy) is 2. The summed E-state index contributed by atoms with van der Waals surface area (Å²) in [7, 11) is -0.838. The van der Waals surface area contributed by atoms with Crippen LogP contribution in [0.4, 0.5) is 5.69 Å². The molecule has 2 aromatic rings. The van der Waals surface area contributed by atoms with E-state index in [9.17, 15) is 8.42 Å². The first-order chi connectivity index (χ1) is 12.9. The normalized spacial score (nSPS) is 15.4. The van der Waals surface area contributed by atoms with Crippen LogP contribution in [-0.2, 0) is 10.0 Å². The molecule has 0 aromatic heterocycles. The van der Waals surface area contributed by atoms with Crippen LogP contribution >= 0.6 is 11.6 Å². The summed E-state index contributed by atoms with van der Waals surface area (Å²) in [6, 6.07) is 10.2. The number of hydrogen-bond donors (Lipinski definition) is 1. The zero-order valence-corrected chi connectivity index (χ0v) is 17.1. The zero-order valence-electron chi connectivity index (χ0n) is 15.5. The van der Waals surface area contributed by atoms with E-state index >= 15 is 0 Å². The van der Waals surface area contributed by atoms with Gasteiger partial charge in [-0.2, -0.15) is 0 Å². The molecule has 0 heterocycles. The summed E-state index contributed by atoms with van der Waals surface area (Å²) in [5.41, 5.74) is 1.48. The van der Waals surface area contributed by atoms with Crippen molar-refractivity contribution >= 4 is 27.3 Å². The van der Waals surface area contributed by atoms with Crippen molar-refractivity contribution in [2.24, 2.45) is 0 Å². The van der Waals surface area contributed by atoms with Crippen LogP contribution in [-0.4, -0.2) is 22.6 Å². The summed E-state index contributed by atoms with van der Waals surface area (Å²) in [5, 5.41) is 0.342. The molecule has 0 radical (unpaired) electrons. The number of methoxy groups -OCH3 is 2. The maximum atomic E-state index is 12.8. The van der Waals surface area contributed by atoms with Crippen LogP contribution < -0.4 is 14.2 Å². The van der Waals surface area contributed by atoms with Crippen molar-refractivity contribution in [2.45, 2.75) is 42.9 Å². The van der Waals surface area contributed by atoms with E-state index < -0.39 is 10.0 Å². The minimum Gasteiger partial charge on any atom is -0.495 e. The van der Waals surface area contributed by atoms with Crippen LogP contribution in [0, 0.1) is 0 Å². The van der Waals surface area contributed by atoms with Crippen LogP contribution in [0.25, 0.3) is 0 Å². The molecule has 0 bridgehead atoms. The molecule has 1 fully saturated rings. The van der Waals surface area contributed by atoms with Gasteiger partial charge in [0.15, 0.2) is 0 Å². The average Bonchev–Trinajstić information content (AvgIpc) is 2.69. The van der Waals surface area contributed by atoms with Gasteiger partial charge in [0.05, 0.1) is 29.8 Å². The fourth-order valence-electron chi connectivity index (χ4n) is 3.50. The second-order valence-electron chi connectivity index (χ2n) is 6.70. The minimum absolute atomic E-state index is 0.207. The number of rotatable bonds is 6. The largest absolute Gasteiger partial charge is 0.495 e. The molecule has 3 rings (SSSR count). The van der Waals surface area contributed by atoms with E-state index in [4.69, 9.17) is 21.1 Å². The Kier molecular flexibility index (Phi) is 6.17. The van der Waals surface area contributed by atoms with Crippen LogP contribution in [0.2, 0.25) is 5.02 Å². The third-order valence-electron chi connectivity index (χ3n) is 4.99. The van der Waals surface area contributed by atoms with E-state index in [0.29, 0.717) is 22.4 Å². The van der Waals surface area contributed by atoms with Gasteiger partial charge in [0.25, 0.3) is 10.0 Å². The van der Waals surface area contributed by atoms with Crippen molar-refractivity contribution in [2.75, 3.05) is 18.9 Å². The Labute approximate surface area is 165 Å². The summed E-state index contributed by atoms with van der Waals surface area (Å²) in [6.45, 7) is 0. The third-order valence-corrected chi connectivity index (χ3v) is 6.66. The lowest BCUT2D eigenvalue weighted by Gasteiger charge is -2.22. The average molecular weight is 410 g/mol. The lowest BCUT2D eigenvalue weighted by Crippen LogP contribution is -2.14. The van der Waals surface area contributed by atoms with Gasteiger partial charge >= 0.3 is 0 Å². The number of hydrogen-bond acceptors (Lipinski definition) is 4. The number of benzene rings is 2. The summed E-state index contributed by atoms with van der Waals surface area (Å²) < 4.78 is 38.6. The number of anilines is 1. The molecule has 0 unspecified atom stereocenters. The van der Waals surface area contributed by atoms with Crippen molar-refractivity contribution in [3.63, 3.8) is 0 Å². The molecule has 7 heteroatoms. The highest BCUT2D eigenvalue weighted by molar-refractivity contribution is 7.92. The monoisotopic (exact) mass is 409 g/mol. The van der Waals surface area contributed by atoms with E-state index in [2.05, 4.69) is 4.72 Å². The van der Waals surface area contributed by atoms with Crippen molar-refractivity contribution < 1.29 is 17.9 Å². The Bertz CT molecular complexity index is 891. The number of halogens is 1. The lowest BCUT2D eigenvalue weighted by molar-refractivity contribution is 0.405.